The third-order valence-electron chi connectivity index (χ3n) is 2.19. The maximum Gasteiger partial charge on any atom is 0.308 e. The third kappa shape index (κ3) is 3.66. The zero-order chi connectivity index (χ0) is 12.1. The van der Waals surface area contributed by atoms with Crippen molar-refractivity contribution in [2.45, 2.75) is 39.8 Å². The van der Waals surface area contributed by atoms with Crippen LogP contribution < -0.4 is 0 Å². The van der Waals surface area contributed by atoms with E-state index < -0.39 is 6.10 Å². The molecule has 5 heteroatoms. The number of aryl methyl sites for hydroxylation is 2. The molecule has 16 heavy (non-hydrogen) atoms. The molecule has 0 spiro atoms. The molecule has 0 amide bonds. The highest BCUT2D eigenvalue weighted by molar-refractivity contribution is 5.69. The summed E-state index contributed by atoms with van der Waals surface area (Å²) in [5.41, 5.74) is 1.88. The molecule has 0 aliphatic carbocycles. The van der Waals surface area contributed by atoms with Gasteiger partial charge in [0.05, 0.1) is 31.4 Å². The van der Waals surface area contributed by atoms with Crippen LogP contribution in [0, 0.1) is 13.8 Å². The number of aliphatic hydroxyl groups excluding tert-OH is 1. The largest absolute Gasteiger partial charge is 0.466 e. The lowest BCUT2D eigenvalue weighted by Gasteiger charge is -2.11. The Morgan fingerprint density at radius 1 is 1.62 bits per heavy atom. The van der Waals surface area contributed by atoms with Crippen molar-refractivity contribution in [1.29, 1.82) is 0 Å². The molecule has 0 fully saturated rings. The Hall–Kier alpha value is -1.36. The summed E-state index contributed by atoms with van der Waals surface area (Å²) in [5.74, 6) is -0.378. The van der Waals surface area contributed by atoms with Crippen molar-refractivity contribution in [1.82, 2.24) is 9.78 Å². The minimum absolute atomic E-state index is 0.00614. The summed E-state index contributed by atoms with van der Waals surface area (Å²) >= 11 is 0. The monoisotopic (exact) mass is 226 g/mol. The Balaban J connectivity index is 2.48. The number of carbonyl (C=O) groups excluding carboxylic acids is 1. The van der Waals surface area contributed by atoms with Crippen LogP contribution in [0.25, 0.3) is 0 Å². The molecule has 1 heterocycles. The molecule has 0 aromatic carbocycles. The third-order valence-corrected chi connectivity index (χ3v) is 2.19. The average Bonchev–Trinajstić information content (AvgIpc) is 2.44. The minimum atomic E-state index is -0.753. The lowest BCUT2D eigenvalue weighted by Crippen LogP contribution is -2.22. The Morgan fingerprint density at radius 3 is 2.81 bits per heavy atom. The Kier molecular flexibility index (Phi) is 4.49. The predicted molar refractivity (Wildman–Crippen MR) is 59.0 cm³/mol. The van der Waals surface area contributed by atoms with Crippen molar-refractivity contribution in [2.75, 3.05) is 6.61 Å². The SMILES string of the molecule is CCOC(=O)CC(O)Cn1nc(C)cc1C. The Morgan fingerprint density at radius 2 is 2.31 bits per heavy atom. The summed E-state index contributed by atoms with van der Waals surface area (Å²) < 4.78 is 6.45. The van der Waals surface area contributed by atoms with Crippen LogP contribution >= 0.6 is 0 Å². The highest BCUT2D eigenvalue weighted by atomic mass is 16.5. The molecular formula is C11H18N2O3. The molecule has 1 unspecified atom stereocenters. The van der Waals surface area contributed by atoms with Crippen LogP contribution in [0.5, 0.6) is 0 Å². The van der Waals surface area contributed by atoms with Crippen molar-refractivity contribution >= 4 is 5.97 Å². The van der Waals surface area contributed by atoms with Gasteiger partial charge in [0.25, 0.3) is 0 Å². The fourth-order valence-corrected chi connectivity index (χ4v) is 1.54. The van der Waals surface area contributed by atoms with Crippen molar-refractivity contribution in [3.8, 4) is 0 Å². The predicted octanol–water partition coefficient (Wildman–Crippen LogP) is 0.814. The van der Waals surface area contributed by atoms with Gasteiger partial charge >= 0.3 is 5.97 Å². The minimum Gasteiger partial charge on any atom is -0.466 e. The van der Waals surface area contributed by atoms with Gasteiger partial charge in [-0.05, 0) is 26.8 Å². The topological polar surface area (TPSA) is 64.3 Å². The fraction of sp³-hybridized carbons (Fsp3) is 0.636. The molecule has 1 N–H and O–H groups in total. The van der Waals surface area contributed by atoms with Gasteiger partial charge in [0.2, 0.25) is 0 Å². The van der Waals surface area contributed by atoms with Crippen molar-refractivity contribution in [3.05, 3.63) is 17.5 Å². The zero-order valence-electron chi connectivity index (χ0n) is 9.93. The fourth-order valence-electron chi connectivity index (χ4n) is 1.54. The van der Waals surface area contributed by atoms with Crippen LogP contribution in [0.15, 0.2) is 6.07 Å². The van der Waals surface area contributed by atoms with Crippen LogP contribution in [0.2, 0.25) is 0 Å². The number of esters is 1. The number of aliphatic hydroxyl groups is 1. The van der Waals surface area contributed by atoms with E-state index in [-0.39, 0.29) is 12.4 Å². The van der Waals surface area contributed by atoms with Crippen LogP contribution in [-0.4, -0.2) is 33.6 Å². The summed E-state index contributed by atoms with van der Waals surface area (Å²) in [5, 5.41) is 13.9. The molecule has 0 bridgehead atoms. The molecule has 1 atom stereocenters. The summed E-state index contributed by atoms with van der Waals surface area (Å²) in [6.45, 7) is 6.20. The highest BCUT2D eigenvalue weighted by Gasteiger charge is 2.13. The van der Waals surface area contributed by atoms with Crippen LogP contribution in [0.4, 0.5) is 0 Å². The van der Waals surface area contributed by atoms with Crippen molar-refractivity contribution in [3.63, 3.8) is 0 Å². The number of aromatic nitrogens is 2. The standard InChI is InChI=1S/C11H18N2O3/c1-4-16-11(15)6-10(14)7-13-9(3)5-8(2)12-13/h5,10,14H,4,6-7H2,1-3H3. The van der Waals surface area contributed by atoms with Gasteiger partial charge in [0.15, 0.2) is 0 Å². The van der Waals surface area contributed by atoms with Gasteiger partial charge < -0.3 is 9.84 Å². The van der Waals surface area contributed by atoms with Gasteiger partial charge in [0, 0.05) is 5.69 Å². The van der Waals surface area contributed by atoms with E-state index in [1.165, 1.54) is 0 Å². The molecule has 0 saturated heterocycles. The lowest BCUT2D eigenvalue weighted by atomic mass is 10.2. The summed E-state index contributed by atoms with van der Waals surface area (Å²) in [6.07, 6.45) is -0.747. The first-order valence-corrected chi connectivity index (χ1v) is 5.37. The summed E-state index contributed by atoms with van der Waals surface area (Å²) in [7, 11) is 0. The van der Waals surface area contributed by atoms with E-state index >= 15 is 0 Å². The first-order valence-electron chi connectivity index (χ1n) is 5.37. The van der Waals surface area contributed by atoms with E-state index in [1.807, 2.05) is 19.9 Å². The molecule has 0 saturated carbocycles. The van der Waals surface area contributed by atoms with Gasteiger partial charge in [-0.25, -0.2) is 0 Å². The van der Waals surface area contributed by atoms with E-state index in [0.717, 1.165) is 11.4 Å². The van der Waals surface area contributed by atoms with E-state index in [9.17, 15) is 9.90 Å². The summed E-state index contributed by atoms with van der Waals surface area (Å²) in [6, 6.07) is 1.93. The molecule has 0 aliphatic heterocycles. The van der Waals surface area contributed by atoms with Gasteiger partial charge in [-0.3, -0.25) is 9.48 Å². The van der Waals surface area contributed by atoms with Crippen molar-refractivity contribution < 1.29 is 14.6 Å². The Labute approximate surface area is 95.0 Å². The van der Waals surface area contributed by atoms with Crippen LogP contribution in [0.3, 0.4) is 0 Å². The van der Waals surface area contributed by atoms with Crippen LogP contribution in [0.1, 0.15) is 24.7 Å². The van der Waals surface area contributed by atoms with E-state index in [0.29, 0.717) is 13.2 Å². The van der Waals surface area contributed by atoms with Gasteiger partial charge in [0.1, 0.15) is 0 Å². The number of ether oxygens (including phenoxy) is 1. The molecule has 0 aliphatic rings. The van der Waals surface area contributed by atoms with Gasteiger partial charge in [-0.15, -0.1) is 0 Å². The maximum atomic E-state index is 11.1. The summed E-state index contributed by atoms with van der Waals surface area (Å²) in [4.78, 5) is 11.1. The number of carbonyl (C=O) groups is 1. The molecular weight excluding hydrogens is 208 g/mol. The molecule has 0 radical (unpaired) electrons. The molecule has 1 rings (SSSR count). The van der Waals surface area contributed by atoms with E-state index in [1.54, 1.807) is 11.6 Å². The number of hydrogen-bond donors (Lipinski definition) is 1. The van der Waals surface area contributed by atoms with Crippen molar-refractivity contribution in [2.24, 2.45) is 0 Å². The first-order chi connectivity index (χ1) is 7.52. The Bertz CT molecular complexity index is 360. The first kappa shape index (κ1) is 12.7. The van der Waals surface area contributed by atoms with Gasteiger partial charge in [-0.1, -0.05) is 0 Å². The smallest absolute Gasteiger partial charge is 0.308 e. The van der Waals surface area contributed by atoms with Gasteiger partial charge in [-0.2, -0.15) is 5.10 Å². The zero-order valence-corrected chi connectivity index (χ0v) is 9.93. The normalized spacial score (nSPS) is 12.5. The number of hydrogen-bond acceptors (Lipinski definition) is 4. The second kappa shape index (κ2) is 5.65. The second-order valence-electron chi connectivity index (χ2n) is 3.77. The van der Waals surface area contributed by atoms with E-state index in [4.69, 9.17) is 4.74 Å². The van der Waals surface area contributed by atoms with E-state index in [2.05, 4.69) is 5.10 Å². The quantitative estimate of drug-likeness (QED) is 0.755. The number of nitrogens with zero attached hydrogens (tertiary/aromatic N) is 2. The lowest BCUT2D eigenvalue weighted by molar-refractivity contribution is -0.145. The maximum absolute atomic E-state index is 11.1. The molecule has 90 valence electrons. The number of rotatable bonds is 5. The highest BCUT2D eigenvalue weighted by Crippen LogP contribution is 2.05. The second-order valence-corrected chi connectivity index (χ2v) is 3.77. The average molecular weight is 226 g/mol. The molecule has 1 aromatic rings. The van der Waals surface area contributed by atoms with Crippen LogP contribution in [-0.2, 0) is 16.1 Å². The molecule has 5 nitrogen and oxygen atoms in total. The molecule has 1 aromatic heterocycles.